The van der Waals surface area contributed by atoms with Gasteiger partial charge in [0, 0.05) is 32.3 Å². The van der Waals surface area contributed by atoms with E-state index in [2.05, 4.69) is 20.5 Å². The molecule has 2 aromatic carbocycles. The molecule has 0 amide bonds. The number of rotatable bonds is 7. The van der Waals surface area contributed by atoms with Crippen molar-refractivity contribution in [2.75, 3.05) is 20.3 Å². The molecule has 1 N–H and O–H groups in total. The summed E-state index contributed by atoms with van der Waals surface area (Å²) in [4.78, 5) is 9.47. The molecule has 2 aromatic heterocycles. The zero-order valence-electron chi connectivity index (χ0n) is 20.1. The lowest BCUT2D eigenvalue weighted by atomic mass is 10.1. The molecule has 0 aliphatic carbocycles. The zero-order chi connectivity index (χ0) is 25.1. The van der Waals surface area contributed by atoms with Crippen molar-refractivity contribution in [3.63, 3.8) is 0 Å². The molecule has 0 atom stereocenters. The van der Waals surface area contributed by atoms with Crippen molar-refractivity contribution in [3.8, 4) is 34.3 Å². The third kappa shape index (κ3) is 4.92. The molecule has 10 heteroatoms. The minimum Gasteiger partial charge on any atom is -0.415 e. The average molecular weight is 508 g/mol. The van der Waals surface area contributed by atoms with E-state index in [-0.39, 0.29) is 7.32 Å². The van der Waals surface area contributed by atoms with Crippen LogP contribution in [0.3, 0.4) is 0 Å². The second-order valence-corrected chi connectivity index (χ2v) is 10.9. The maximum atomic E-state index is 13.0. The SMILES string of the molecule is CNCc1ccc(-c2nnc(-c3nc(-c4ccc(S(=O)(=O)C5CCOCC5)cc4)cnc3C)o2)cc1.[HH]. The van der Waals surface area contributed by atoms with Crippen molar-refractivity contribution >= 4 is 9.84 Å². The standard InChI is InChI=1S/C26H27N5O4S.H2/c1-17-24(26-31-30-25(35-26)20-5-3-18(4-6-20)15-27-2)29-23(16-28-17)19-7-9-21(10-8-19)36(32,33)22-11-13-34-14-12-22;/h3-10,16,22,27H,11-15H2,1-2H3;1H. The summed E-state index contributed by atoms with van der Waals surface area (Å²) in [7, 11) is -1.50. The predicted octanol–water partition coefficient (Wildman–Crippen LogP) is 4.09. The largest absolute Gasteiger partial charge is 0.415 e. The van der Waals surface area contributed by atoms with E-state index >= 15 is 0 Å². The van der Waals surface area contributed by atoms with Crippen LogP contribution < -0.4 is 5.32 Å². The number of aromatic nitrogens is 4. The third-order valence-electron chi connectivity index (χ3n) is 6.25. The number of sulfone groups is 1. The predicted molar refractivity (Wildman–Crippen MR) is 137 cm³/mol. The quantitative estimate of drug-likeness (QED) is 0.394. The first-order valence-electron chi connectivity index (χ1n) is 11.8. The summed E-state index contributed by atoms with van der Waals surface area (Å²) in [6, 6.07) is 14.7. The van der Waals surface area contributed by atoms with Crippen molar-refractivity contribution in [1.82, 2.24) is 25.5 Å². The molecular weight excluding hydrogens is 478 g/mol. The van der Waals surface area contributed by atoms with Crippen molar-refractivity contribution in [2.24, 2.45) is 0 Å². The molecule has 188 valence electrons. The van der Waals surface area contributed by atoms with E-state index in [1.807, 2.05) is 38.2 Å². The number of ether oxygens (including phenoxy) is 1. The second kappa shape index (κ2) is 10.3. The molecule has 1 aliphatic rings. The lowest BCUT2D eigenvalue weighted by Gasteiger charge is -2.22. The van der Waals surface area contributed by atoms with Crippen LogP contribution in [0.5, 0.6) is 0 Å². The zero-order valence-corrected chi connectivity index (χ0v) is 21.0. The van der Waals surface area contributed by atoms with Gasteiger partial charge in [-0.15, -0.1) is 10.2 Å². The normalized spacial score (nSPS) is 14.7. The molecule has 1 fully saturated rings. The summed E-state index contributed by atoms with van der Waals surface area (Å²) in [5, 5.41) is 11.1. The van der Waals surface area contributed by atoms with Gasteiger partial charge < -0.3 is 14.5 Å². The van der Waals surface area contributed by atoms with Gasteiger partial charge in [0.05, 0.1) is 27.7 Å². The maximum absolute atomic E-state index is 13.0. The molecule has 0 spiro atoms. The van der Waals surface area contributed by atoms with Gasteiger partial charge in [-0.25, -0.2) is 13.4 Å². The first-order chi connectivity index (χ1) is 17.5. The Bertz CT molecular complexity index is 1450. The van der Waals surface area contributed by atoms with Crippen molar-refractivity contribution in [2.45, 2.75) is 36.5 Å². The minimum atomic E-state index is -3.40. The van der Waals surface area contributed by atoms with Crippen LogP contribution >= 0.6 is 0 Å². The molecule has 0 radical (unpaired) electrons. The van der Waals surface area contributed by atoms with Crippen LogP contribution in [-0.4, -0.2) is 54.1 Å². The number of aryl methyl sites for hydroxylation is 1. The number of hydrogen-bond donors (Lipinski definition) is 1. The summed E-state index contributed by atoms with van der Waals surface area (Å²) in [6.07, 6.45) is 2.69. The molecule has 1 saturated heterocycles. The van der Waals surface area contributed by atoms with Crippen LogP contribution in [0.15, 0.2) is 64.0 Å². The van der Waals surface area contributed by atoms with E-state index < -0.39 is 15.1 Å². The lowest BCUT2D eigenvalue weighted by Crippen LogP contribution is -2.28. The van der Waals surface area contributed by atoms with E-state index in [1.54, 1.807) is 30.5 Å². The fraction of sp³-hybridized carbons (Fsp3) is 0.308. The average Bonchev–Trinajstić information content (AvgIpc) is 3.40. The Hall–Kier alpha value is -3.47. The minimum absolute atomic E-state index is 0. The van der Waals surface area contributed by atoms with Gasteiger partial charge >= 0.3 is 0 Å². The Morgan fingerprint density at radius 2 is 1.64 bits per heavy atom. The van der Waals surface area contributed by atoms with E-state index in [9.17, 15) is 8.42 Å². The second-order valence-electron chi connectivity index (χ2n) is 8.71. The molecule has 9 nitrogen and oxygen atoms in total. The van der Waals surface area contributed by atoms with Crippen molar-refractivity contribution in [3.05, 3.63) is 66.0 Å². The van der Waals surface area contributed by atoms with Crippen LogP contribution in [0.4, 0.5) is 0 Å². The summed E-state index contributed by atoms with van der Waals surface area (Å²) in [5.41, 5.74) is 4.43. The van der Waals surface area contributed by atoms with Gasteiger partial charge in [0.15, 0.2) is 9.84 Å². The Labute approximate surface area is 211 Å². The highest BCUT2D eigenvalue weighted by atomic mass is 32.2. The third-order valence-corrected chi connectivity index (χ3v) is 8.53. The molecule has 0 saturated carbocycles. The number of hydrogen-bond acceptors (Lipinski definition) is 9. The Morgan fingerprint density at radius 3 is 2.33 bits per heavy atom. The van der Waals surface area contributed by atoms with Gasteiger partial charge in [0.25, 0.3) is 5.89 Å². The van der Waals surface area contributed by atoms with Crippen molar-refractivity contribution in [1.29, 1.82) is 0 Å². The summed E-state index contributed by atoms with van der Waals surface area (Å²) >= 11 is 0. The fourth-order valence-corrected chi connectivity index (χ4v) is 5.90. The smallest absolute Gasteiger partial charge is 0.268 e. The Kier molecular flexibility index (Phi) is 6.90. The lowest BCUT2D eigenvalue weighted by molar-refractivity contribution is 0.0983. The van der Waals surface area contributed by atoms with Crippen molar-refractivity contribution < 1.29 is 19.0 Å². The number of nitrogens with one attached hydrogen (secondary N) is 1. The van der Waals surface area contributed by atoms with Crippen LogP contribution in [0.25, 0.3) is 34.3 Å². The van der Waals surface area contributed by atoms with Crippen LogP contribution in [-0.2, 0) is 21.1 Å². The highest BCUT2D eigenvalue weighted by molar-refractivity contribution is 7.92. The highest BCUT2D eigenvalue weighted by Crippen LogP contribution is 2.29. The molecule has 36 heavy (non-hydrogen) atoms. The summed E-state index contributed by atoms with van der Waals surface area (Å²) < 4.78 is 37.2. The molecule has 4 aromatic rings. The Balaban J connectivity index is 0.00000320. The van der Waals surface area contributed by atoms with Gasteiger partial charge in [-0.3, -0.25) is 4.98 Å². The highest BCUT2D eigenvalue weighted by Gasteiger charge is 2.29. The first kappa shape index (κ1) is 24.2. The van der Waals surface area contributed by atoms with Gasteiger partial charge in [-0.05, 0) is 56.6 Å². The molecule has 3 heterocycles. The monoisotopic (exact) mass is 507 g/mol. The number of benzene rings is 2. The van der Waals surface area contributed by atoms with E-state index in [0.29, 0.717) is 53.9 Å². The van der Waals surface area contributed by atoms with Crippen LogP contribution in [0.2, 0.25) is 0 Å². The number of nitrogens with zero attached hydrogens (tertiary/aromatic N) is 4. The van der Waals surface area contributed by atoms with Gasteiger partial charge in [0.1, 0.15) is 5.69 Å². The molecular formula is C26H29N5O4S. The van der Waals surface area contributed by atoms with E-state index in [1.165, 1.54) is 0 Å². The van der Waals surface area contributed by atoms with E-state index in [0.717, 1.165) is 23.2 Å². The fourth-order valence-electron chi connectivity index (χ4n) is 4.19. The Morgan fingerprint density at radius 1 is 0.972 bits per heavy atom. The van der Waals surface area contributed by atoms with Crippen LogP contribution in [0.1, 0.15) is 25.5 Å². The van der Waals surface area contributed by atoms with E-state index in [4.69, 9.17) is 14.1 Å². The topological polar surface area (TPSA) is 120 Å². The van der Waals surface area contributed by atoms with Gasteiger partial charge in [-0.2, -0.15) is 0 Å². The summed E-state index contributed by atoms with van der Waals surface area (Å²) in [6.45, 7) is 3.55. The first-order valence-corrected chi connectivity index (χ1v) is 13.3. The van der Waals surface area contributed by atoms with Gasteiger partial charge in [0.2, 0.25) is 5.89 Å². The molecule has 0 bridgehead atoms. The molecule has 0 unspecified atom stereocenters. The van der Waals surface area contributed by atoms with Crippen LogP contribution in [0, 0.1) is 6.92 Å². The maximum Gasteiger partial charge on any atom is 0.268 e. The van der Waals surface area contributed by atoms with Gasteiger partial charge in [-0.1, -0.05) is 24.3 Å². The molecule has 1 aliphatic heterocycles. The molecule has 5 rings (SSSR count). The summed E-state index contributed by atoms with van der Waals surface area (Å²) in [5.74, 6) is 0.671.